The minimum absolute atomic E-state index is 0.0171. The highest BCUT2D eigenvalue weighted by molar-refractivity contribution is 7.89. The van der Waals surface area contributed by atoms with Gasteiger partial charge in [-0.15, -0.1) is 0 Å². The molecule has 0 unspecified atom stereocenters. The van der Waals surface area contributed by atoms with Crippen LogP contribution in [-0.4, -0.2) is 33.4 Å². The minimum atomic E-state index is -3.91. The Morgan fingerprint density at radius 1 is 1.08 bits per heavy atom. The molecule has 0 radical (unpaired) electrons. The van der Waals surface area contributed by atoms with Gasteiger partial charge in [0.05, 0.1) is 29.3 Å². The van der Waals surface area contributed by atoms with Crippen LogP contribution < -0.4 is 10.0 Å². The van der Waals surface area contributed by atoms with E-state index in [1.54, 1.807) is 12.1 Å². The molecule has 0 spiro atoms. The minimum Gasteiger partial charge on any atom is -0.465 e. The van der Waals surface area contributed by atoms with Crippen LogP contribution in [0, 0.1) is 0 Å². The van der Waals surface area contributed by atoms with Crippen LogP contribution in [0.4, 0.5) is 5.69 Å². The van der Waals surface area contributed by atoms with Gasteiger partial charge in [-0.3, -0.25) is 4.79 Å². The summed E-state index contributed by atoms with van der Waals surface area (Å²) in [5, 5.41) is 2.92. The molecule has 26 heavy (non-hydrogen) atoms. The van der Waals surface area contributed by atoms with E-state index in [0.29, 0.717) is 5.02 Å². The van der Waals surface area contributed by atoms with Gasteiger partial charge in [-0.25, -0.2) is 13.2 Å². The van der Waals surface area contributed by atoms with Gasteiger partial charge in [0.2, 0.25) is 15.9 Å². The van der Waals surface area contributed by atoms with Crippen molar-refractivity contribution in [3.63, 3.8) is 0 Å². The quantitative estimate of drug-likeness (QED) is 0.730. The van der Waals surface area contributed by atoms with Crippen molar-refractivity contribution in [2.45, 2.75) is 17.9 Å². The number of halogens is 1. The van der Waals surface area contributed by atoms with Crippen LogP contribution in [0.3, 0.4) is 0 Å². The van der Waals surface area contributed by atoms with Crippen molar-refractivity contribution in [2.75, 3.05) is 12.4 Å². The molecule has 0 saturated carbocycles. The van der Waals surface area contributed by atoms with Crippen LogP contribution in [0.1, 0.15) is 17.3 Å². The fourth-order valence-corrected chi connectivity index (χ4v) is 3.42. The summed E-state index contributed by atoms with van der Waals surface area (Å²) in [6, 6.07) is 10.7. The zero-order valence-corrected chi connectivity index (χ0v) is 15.6. The normalized spacial score (nSPS) is 12.3. The highest BCUT2D eigenvalue weighted by Crippen LogP contribution is 2.17. The number of hydrogen-bond donors (Lipinski definition) is 2. The van der Waals surface area contributed by atoms with Crippen molar-refractivity contribution in [1.82, 2.24) is 4.72 Å². The first-order chi connectivity index (χ1) is 12.2. The third kappa shape index (κ3) is 4.81. The van der Waals surface area contributed by atoms with Gasteiger partial charge in [0.15, 0.2) is 0 Å². The van der Waals surface area contributed by atoms with E-state index >= 15 is 0 Å². The number of carbonyl (C=O) groups excluding carboxylic acids is 2. The Morgan fingerprint density at radius 3 is 2.31 bits per heavy atom. The predicted molar refractivity (Wildman–Crippen MR) is 97.6 cm³/mol. The number of benzene rings is 2. The first kappa shape index (κ1) is 19.9. The largest absolute Gasteiger partial charge is 0.465 e. The van der Waals surface area contributed by atoms with Crippen LogP contribution in [0.25, 0.3) is 0 Å². The number of rotatable bonds is 6. The Morgan fingerprint density at radius 2 is 1.69 bits per heavy atom. The van der Waals surface area contributed by atoms with Crippen molar-refractivity contribution >= 4 is 39.2 Å². The molecule has 0 aliphatic rings. The maximum Gasteiger partial charge on any atom is 0.339 e. The van der Waals surface area contributed by atoms with E-state index in [0.717, 1.165) is 0 Å². The number of esters is 1. The molecular formula is C17H17ClN2O5S. The molecule has 1 amide bonds. The summed E-state index contributed by atoms with van der Waals surface area (Å²) >= 11 is 5.74. The van der Waals surface area contributed by atoms with Crippen molar-refractivity contribution in [3.05, 3.63) is 59.1 Å². The van der Waals surface area contributed by atoms with Gasteiger partial charge in [0, 0.05) is 5.02 Å². The predicted octanol–water partition coefficient (Wildman–Crippen LogP) is 2.43. The molecule has 1 atom stereocenters. The van der Waals surface area contributed by atoms with Gasteiger partial charge < -0.3 is 10.1 Å². The van der Waals surface area contributed by atoms with Gasteiger partial charge in [-0.1, -0.05) is 23.7 Å². The number of methoxy groups -OCH3 is 1. The van der Waals surface area contributed by atoms with Crippen LogP contribution >= 0.6 is 11.6 Å². The van der Waals surface area contributed by atoms with Crippen LogP contribution in [0.2, 0.25) is 5.02 Å². The standard InChI is InChI=1S/C17H17ClN2O5S/c1-11(20-26(23,24)13-9-7-12(18)8-10-13)16(21)19-15-6-4-3-5-14(15)17(22)25-2/h3-11,20H,1-2H3,(H,19,21)/t11-/m0/s1. The van der Waals surface area contributed by atoms with Gasteiger partial charge in [0.1, 0.15) is 0 Å². The van der Waals surface area contributed by atoms with E-state index < -0.39 is 27.9 Å². The second-order valence-electron chi connectivity index (χ2n) is 5.32. The highest BCUT2D eigenvalue weighted by atomic mass is 35.5. The second-order valence-corrected chi connectivity index (χ2v) is 7.47. The van der Waals surface area contributed by atoms with E-state index in [4.69, 9.17) is 11.6 Å². The van der Waals surface area contributed by atoms with Crippen LogP contribution in [0.15, 0.2) is 53.4 Å². The number of hydrogen-bond acceptors (Lipinski definition) is 5. The number of para-hydroxylation sites is 1. The zero-order chi connectivity index (χ0) is 19.3. The Balaban J connectivity index is 2.13. The number of sulfonamides is 1. The molecule has 2 aromatic rings. The molecule has 0 aliphatic heterocycles. The summed E-state index contributed by atoms with van der Waals surface area (Å²) in [4.78, 5) is 24.0. The van der Waals surface area contributed by atoms with E-state index in [1.807, 2.05) is 0 Å². The first-order valence-electron chi connectivity index (χ1n) is 7.50. The molecule has 0 aliphatic carbocycles. The maximum absolute atomic E-state index is 12.3. The van der Waals surface area contributed by atoms with E-state index in [9.17, 15) is 18.0 Å². The van der Waals surface area contributed by atoms with E-state index in [1.165, 1.54) is 50.4 Å². The molecule has 138 valence electrons. The van der Waals surface area contributed by atoms with Crippen molar-refractivity contribution < 1.29 is 22.7 Å². The Hall–Kier alpha value is -2.42. The van der Waals surface area contributed by atoms with Gasteiger partial charge >= 0.3 is 5.97 Å². The Labute approximate surface area is 156 Å². The van der Waals surface area contributed by atoms with Crippen molar-refractivity contribution in [1.29, 1.82) is 0 Å². The van der Waals surface area contributed by atoms with Gasteiger partial charge in [0.25, 0.3) is 0 Å². The average Bonchev–Trinajstić information content (AvgIpc) is 2.61. The average molecular weight is 397 g/mol. The molecular weight excluding hydrogens is 380 g/mol. The molecule has 0 heterocycles. The molecule has 0 fully saturated rings. The summed E-state index contributed by atoms with van der Waals surface area (Å²) in [6.45, 7) is 1.39. The number of anilines is 1. The lowest BCUT2D eigenvalue weighted by Gasteiger charge is -2.16. The molecule has 2 aromatic carbocycles. The first-order valence-corrected chi connectivity index (χ1v) is 9.37. The SMILES string of the molecule is COC(=O)c1ccccc1NC(=O)[C@H](C)NS(=O)(=O)c1ccc(Cl)cc1. The summed E-state index contributed by atoms with van der Waals surface area (Å²) < 4.78 is 31.6. The number of amides is 1. The third-order valence-electron chi connectivity index (χ3n) is 3.44. The number of ether oxygens (including phenoxy) is 1. The third-order valence-corrected chi connectivity index (χ3v) is 5.25. The van der Waals surface area contributed by atoms with Crippen LogP contribution in [0.5, 0.6) is 0 Å². The highest BCUT2D eigenvalue weighted by Gasteiger charge is 2.23. The fraction of sp³-hybridized carbons (Fsp3) is 0.176. The number of carbonyl (C=O) groups is 2. The van der Waals surface area contributed by atoms with E-state index in [-0.39, 0.29) is 16.1 Å². The smallest absolute Gasteiger partial charge is 0.339 e. The topological polar surface area (TPSA) is 102 Å². The summed E-state index contributed by atoms with van der Waals surface area (Å²) in [5.74, 6) is -1.24. The van der Waals surface area contributed by atoms with E-state index in [2.05, 4.69) is 14.8 Å². The monoisotopic (exact) mass is 396 g/mol. The molecule has 7 nitrogen and oxygen atoms in total. The molecule has 2 rings (SSSR count). The lowest BCUT2D eigenvalue weighted by Crippen LogP contribution is -2.41. The van der Waals surface area contributed by atoms with Gasteiger partial charge in [-0.2, -0.15) is 4.72 Å². The zero-order valence-electron chi connectivity index (χ0n) is 14.0. The van der Waals surface area contributed by atoms with Crippen molar-refractivity contribution in [2.24, 2.45) is 0 Å². The van der Waals surface area contributed by atoms with Crippen molar-refractivity contribution in [3.8, 4) is 0 Å². The van der Waals surface area contributed by atoms with Crippen LogP contribution in [-0.2, 0) is 19.6 Å². The molecule has 2 N–H and O–H groups in total. The fourth-order valence-electron chi connectivity index (χ4n) is 2.09. The molecule has 9 heteroatoms. The molecule has 0 bridgehead atoms. The second kappa shape index (κ2) is 8.31. The summed E-state index contributed by atoms with van der Waals surface area (Å²) in [5.41, 5.74) is 0.387. The lowest BCUT2D eigenvalue weighted by atomic mass is 10.1. The Kier molecular flexibility index (Phi) is 6.36. The number of nitrogens with one attached hydrogen (secondary N) is 2. The lowest BCUT2D eigenvalue weighted by molar-refractivity contribution is -0.117. The Bertz CT molecular complexity index is 913. The maximum atomic E-state index is 12.3. The molecule has 0 aromatic heterocycles. The van der Waals surface area contributed by atoms with Gasteiger partial charge in [-0.05, 0) is 43.3 Å². The summed E-state index contributed by atoms with van der Waals surface area (Å²) in [6.07, 6.45) is 0. The summed E-state index contributed by atoms with van der Waals surface area (Å²) in [7, 11) is -2.68. The molecule has 0 saturated heterocycles.